The maximum Gasteiger partial charge on any atom is 0.419 e. The van der Waals surface area contributed by atoms with Crippen molar-refractivity contribution in [1.29, 1.82) is 0 Å². The average Bonchev–Trinajstić information content (AvgIpc) is 3.52. The molecule has 0 radical (unpaired) electrons. The molecular formula is C27H30F6N4OS. The smallest absolute Gasteiger partial charge is 0.369 e. The lowest BCUT2D eigenvalue weighted by molar-refractivity contribution is -0.152. The molecule has 12 heteroatoms. The summed E-state index contributed by atoms with van der Waals surface area (Å²) in [5, 5.41) is 3.74. The van der Waals surface area contributed by atoms with Crippen molar-refractivity contribution in [1.82, 2.24) is 15.2 Å². The van der Waals surface area contributed by atoms with E-state index in [0.717, 1.165) is 42.7 Å². The number of hydrogen-bond acceptors (Lipinski definition) is 5. The predicted octanol–water partition coefficient (Wildman–Crippen LogP) is 5.63. The molecule has 1 amide bonds. The zero-order valence-corrected chi connectivity index (χ0v) is 22.1. The van der Waals surface area contributed by atoms with Gasteiger partial charge in [-0.15, -0.1) is 11.3 Å². The fourth-order valence-corrected chi connectivity index (χ4v) is 8.63. The molecule has 0 unspecified atom stereocenters. The maximum absolute atomic E-state index is 13.9. The number of hydrogen-bond donors (Lipinski definition) is 1. The number of halogens is 6. The van der Waals surface area contributed by atoms with Crippen molar-refractivity contribution in [2.24, 2.45) is 23.2 Å². The molecule has 6 aliphatic rings. The molecule has 5 nitrogen and oxygen atoms in total. The first kappa shape index (κ1) is 25.9. The van der Waals surface area contributed by atoms with Crippen LogP contribution >= 0.6 is 11.3 Å². The number of likely N-dealkylation sites (tertiary alicyclic amines) is 1. The van der Waals surface area contributed by atoms with Gasteiger partial charge in [-0.2, -0.15) is 26.3 Å². The number of carbonyl (C=O) groups is 1. The minimum atomic E-state index is -4.68. The highest BCUT2D eigenvalue weighted by Gasteiger charge is 2.57. The molecule has 6 fully saturated rings. The number of anilines is 1. The molecule has 4 aliphatic heterocycles. The van der Waals surface area contributed by atoms with E-state index >= 15 is 0 Å². The minimum absolute atomic E-state index is 0.0603. The quantitative estimate of drug-likeness (QED) is 0.473. The molecule has 4 atom stereocenters. The first-order valence-electron chi connectivity index (χ1n) is 13.7. The number of amides is 1. The predicted molar refractivity (Wildman–Crippen MR) is 134 cm³/mol. The van der Waals surface area contributed by atoms with E-state index in [4.69, 9.17) is 0 Å². The standard InChI is InChI=1S/C27H30F6N4OS/c28-26(29,30)8-17-7-18-22(19(27(31,32)33)9-34-23(18)39-17)36-10-25(11-36)12-37(13-25)24(38)21-15-3-4-20(35-21)16(6-15)5-14-1-2-14/h7,9,14-16,20-21,35H,1-6,8,10-13H2/t15-,16-,20+,21+/m1/s1. The van der Waals surface area contributed by atoms with E-state index in [-0.39, 0.29) is 38.1 Å². The number of fused-ring (bicyclic) bond motifs is 4. The number of nitrogens with one attached hydrogen (secondary N) is 1. The van der Waals surface area contributed by atoms with Gasteiger partial charge in [0.15, 0.2) is 0 Å². The summed E-state index contributed by atoms with van der Waals surface area (Å²) < 4.78 is 80.6. The second-order valence-corrected chi connectivity index (χ2v) is 13.7. The van der Waals surface area contributed by atoms with Crippen LogP contribution in [0.25, 0.3) is 10.2 Å². The summed E-state index contributed by atoms with van der Waals surface area (Å²) in [5.41, 5.74) is -1.31. The minimum Gasteiger partial charge on any atom is -0.369 e. The van der Waals surface area contributed by atoms with Crippen LogP contribution in [0.15, 0.2) is 12.3 Å². The summed E-state index contributed by atoms with van der Waals surface area (Å²) in [5.74, 6) is 1.99. The van der Waals surface area contributed by atoms with Gasteiger partial charge >= 0.3 is 12.4 Å². The van der Waals surface area contributed by atoms with Crippen molar-refractivity contribution >= 4 is 33.1 Å². The van der Waals surface area contributed by atoms with Crippen molar-refractivity contribution in [3.05, 3.63) is 22.7 Å². The van der Waals surface area contributed by atoms with Gasteiger partial charge in [0.05, 0.1) is 23.7 Å². The number of alkyl halides is 6. The fourth-order valence-electron chi connectivity index (χ4n) is 7.60. The van der Waals surface area contributed by atoms with Crippen LogP contribution in [-0.2, 0) is 17.4 Å². The molecule has 1 spiro atoms. The molecule has 2 aromatic heterocycles. The Balaban J connectivity index is 1.03. The summed E-state index contributed by atoms with van der Waals surface area (Å²) in [6.07, 6.45) is -2.38. The van der Waals surface area contributed by atoms with Crippen LogP contribution in [0.1, 0.15) is 49.0 Å². The van der Waals surface area contributed by atoms with E-state index in [2.05, 4.69) is 10.3 Å². The lowest BCUT2D eigenvalue weighted by Gasteiger charge is -2.62. The van der Waals surface area contributed by atoms with Gasteiger partial charge in [0.1, 0.15) is 4.83 Å². The van der Waals surface area contributed by atoms with Gasteiger partial charge in [0.25, 0.3) is 0 Å². The maximum atomic E-state index is 13.9. The molecule has 2 aliphatic carbocycles. The van der Waals surface area contributed by atoms with Crippen LogP contribution in [0.4, 0.5) is 32.0 Å². The first-order chi connectivity index (χ1) is 18.4. The van der Waals surface area contributed by atoms with Crippen LogP contribution in [0.5, 0.6) is 0 Å². The third-order valence-electron chi connectivity index (χ3n) is 9.48. The monoisotopic (exact) mass is 572 g/mol. The topological polar surface area (TPSA) is 48.5 Å². The molecule has 2 bridgehead atoms. The van der Waals surface area contributed by atoms with E-state index in [9.17, 15) is 31.1 Å². The van der Waals surface area contributed by atoms with Gasteiger partial charge in [-0.1, -0.05) is 12.8 Å². The molecule has 6 heterocycles. The molecule has 39 heavy (non-hydrogen) atoms. The van der Waals surface area contributed by atoms with Crippen molar-refractivity contribution in [2.75, 3.05) is 31.1 Å². The molecule has 1 N–H and O–H groups in total. The van der Waals surface area contributed by atoms with Gasteiger partial charge in [-0.3, -0.25) is 4.79 Å². The Bertz CT molecular complexity index is 1290. The second kappa shape index (κ2) is 8.71. The summed E-state index contributed by atoms with van der Waals surface area (Å²) in [6, 6.07) is 1.44. The van der Waals surface area contributed by atoms with Gasteiger partial charge in [-0.25, -0.2) is 4.98 Å². The summed E-state index contributed by atoms with van der Waals surface area (Å²) in [7, 11) is 0. The highest BCUT2D eigenvalue weighted by Crippen LogP contribution is 2.50. The Morgan fingerprint density at radius 2 is 1.82 bits per heavy atom. The second-order valence-electron chi connectivity index (χ2n) is 12.6. The van der Waals surface area contributed by atoms with Crippen LogP contribution in [0.3, 0.4) is 0 Å². The van der Waals surface area contributed by atoms with Crippen molar-refractivity contribution < 1.29 is 31.1 Å². The first-order valence-corrected chi connectivity index (χ1v) is 14.5. The Hall–Kier alpha value is -2.08. The van der Waals surface area contributed by atoms with Crippen LogP contribution in [0, 0.1) is 23.2 Å². The van der Waals surface area contributed by atoms with Crippen molar-refractivity contribution in [3.63, 3.8) is 0 Å². The summed E-state index contributed by atoms with van der Waals surface area (Å²) in [4.78, 5) is 20.8. The lowest BCUT2D eigenvalue weighted by Crippen LogP contribution is -2.75. The Morgan fingerprint density at radius 1 is 1.08 bits per heavy atom. The number of aromatic nitrogens is 1. The van der Waals surface area contributed by atoms with E-state index in [0.29, 0.717) is 44.1 Å². The molecule has 0 aromatic carbocycles. The SMILES string of the molecule is O=C([C@H]1N[C@H]2CC[C@@H]1C[C@H]2CC1CC1)N1CC2(C1)CN(c1c(C(F)(F)F)cnc3sc(CC(F)(F)F)cc13)C2. The van der Waals surface area contributed by atoms with Crippen LogP contribution in [0.2, 0.25) is 0 Å². The zero-order valence-electron chi connectivity index (χ0n) is 21.2. The Kier molecular flexibility index (Phi) is 5.77. The molecular weight excluding hydrogens is 542 g/mol. The summed E-state index contributed by atoms with van der Waals surface area (Å²) in [6.45, 7) is 1.66. The van der Waals surface area contributed by atoms with Gasteiger partial charge < -0.3 is 15.1 Å². The van der Waals surface area contributed by atoms with Crippen molar-refractivity contribution in [2.45, 2.75) is 69.4 Å². The average molecular weight is 573 g/mol. The molecule has 4 saturated heterocycles. The lowest BCUT2D eigenvalue weighted by atomic mass is 9.67. The largest absolute Gasteiger partial charge is 0.419 e. The molecule has 2 aromatic rings. The van der Waals surface area contributed by atoms with Crippen molar-refractivity contribution in [3.8, 4) is 0 Å². The molecule has 8 rings (SSSR count). The highest BCUT2D eigenvalue weighted by molar-refractivity contribution is 7.18. The van der Waals surface area contributed by atoms with Crippen LogP contribution in [-0.4, -0.2) is 60.2 Å². The number of rotatable bonds is 5. The van der Waals surface area contributed by atoms with Gasteiger partial charge in [0, 0.05) is 54.1 Å². The number of nitrogens with zero attached hydrogens (tertiary/aromatic N) is 3. The molecule has 212 valence electrons. The third kappa shape index (κ3) is 4.69. The van der Waals surface area contributed by atoms with E-state index < -0.39 is 24.3 Å². The van der Waals surface area contributed by atoms with E-state index in [1.54, 1.807) is 4.90 Å². The van der Waals surface area contributed by atoms with Gasteiger partial charge in [0.2, 0.25) is 5.91 Å². The molecule has 2 saturated carbocycles. The zero-order chi connectivity index (χ0) is 27.3. The van der Waals surface area contributed by atoms with Crippen LogP contribution < -0.4 is 10.2 Å². The number of piperidine rings is 2. The number of carbonyl (C=O) groups excluding carboxylic acids is 1. The Morgan fingerprint density at radius 3 is 2.44 bits per heavy atom. The number of thiophene rings is 1. The van der Waals surface area contributed by atoms with E-state index in [1.807, 2.05) is 4.90 Å². The van der Waals surface area contributed by atoms with Gasteiger partial charge in [-0.05, 0) is 49.5 Å². The van der Waals surface area contributed by atoms with E-state index in [1.165, 1.54) is 25.3 Å². The number of pyridine rings is 1. The Labute approximate surface area is 225 Å². The highest BCUT2D eigenvalue weighted by atomic mass is 32.1. The normalized spacial score (nSPS) is 30.1. The summed E-state index contributed by atoms with van der Waals surface area (Å²) >= 11 is 0.777. The fraction of sp³-hybridized carbons (Fsp3) is 0.704. The third-order valence-corrected chi connectivity index (χ3v) is 10.5.